The molecule has 0 unspecified atom stereocenters. The topological polar surface area (TPSA) is 79.3 Å². The Hall–Kier alpha value is -2.54. The van der Waals surface area contributed by atoms with E-state index in [4.69, 9.17) is 5.11 Å². The third kappa shape index (κ3) is 3.48. The molecule has 0 bridgehead atoms. The summed E-state index contributed by atoms with van der Waals surface area (Å²) in [6, 6.07) is 4.16. The average molecular weight is 292 g/mol. The highest BCUT2D eigenvalue weighted by Gasteiger charge is 2.12. The van der Waals surface area contributed by atoms with Gasteiger partial charge in [-0.2, -0.15) is 0 Å². The highest BCUT2D eigenvalue weighted by molar-refractivity contribution is 7.12. The molecule has 0 aromatic carbocycles. The smallest absolute Gasteiger partial charge is 0.328 e. The maximum absolute atomic E-state index is 12.7. The average Bonchev–Trinajstić information content (AvgIpc) is 2.87. The summed E-state index contributed by atoms with van der Waals surface area (Å²) in [5.74, 6) is -1.80. The number of rotatable bonds is 4. The van der Waals surface area contributed by atoms with E-state index in [0.717, 1.165) is 12.3 Å². The molecule has 2 aromatic heterocycles. The zero-order valence-corrected chi connectivity index (χ0v) is 10.9. The number of hydrogen-bond acceptors (Lipinski definition) is 4. The normalized spacial score (nSPS) is 10.7. The minimum atomic E-state index is -1.09. The van der Waals surface area contributed by atoms with Gasteiger partial charge in [-0.1, -0.05) is 0 Å². The monoisotopic (exact) mass is 292 g/mol. The Morgan fingerprint density at radius 2 is 2.15 bits per heavy atom. The zero-order valence-electron chi connectivity index (χ0n) is 10.0. The van der Waals surface area contributed by atoms with Crippen molar-refractivity contribution in [3.8, 4) is 0 Å². The predicted molar refractivity (Wildman–Crippen MR) is 73.1 cm³/mol. The molecule has 2 rings (SSSR count). The first-order valence-corrected chi connectivity index (χ1v) is 6.35. The van der Waals surface area contributed by atoms with Gasteiger partial charge in [0, 0.05) is 6.08 Å². The van der Waals surface area contributed by atoms with E-state index in [-0.39, 0.29) is 5.82 Å². The van der Waals surface area contributed by atoms with Crippen molar-refractivity contribution in [3.05, 3.63) is 52.1 Å². The van der Waals surface area contributed by atoms with E-state index in [1.165, 1.54) is 29.5 Å². The van der Waals surface area contributed by atoms with Gasteiger partial charge in [0.15, 0.2) is 0 Å². The molecule has 1 amide bonds. The van der Waals surface area contributed by atoms with Gasteiger partial charge >= 0.3 is 5.97 Å². The van der Waals surface area contributed by atoms with Gasteiger partial charge in [-0.25, -0.2) is 14.2 Å². The minimum Gasteiger partial charge on any atom is -0.478 e. The summed E-state index contributed by atoms with van der Waals surface area (Å²) >= 11 is 1.17. The number of pyridine rings is 1. The fourth-order valence-electron chi connectivity index (χ4n) is 1.42. The van der Waals surface area contributed by atoms with Gasteiger partial charge in [-0.15, -0.1) is 11.3 Å². The van der Waals surface area contributed by atoms with Gasteiger partial charge in [0.2, 0.25) is 0 Å². The van der Waals surface area contributed by atoms with Crippen LogP contribution in [0.2, 0.25) is 0 Å². The van der Waals surface area contributed by atoms with E-state index in [2.05, 4.69) is 10.3 Å². The van der Waals surface area contributed by atoms with Crippen LogP contribution in [0.5, 0.6) is 0 Å². The van der Waals surface area contributed by atoms with Gasteiger partial charge < -0.3 is 10.4 Å². The number of nitrogens with zero attached hydrogens (tertiary/aromatic N) is 1. The van der Waals surface area contributed by atoms with Crippen LogP contribution in [0.1, 0.15) is 15.2 Å². The summed E-state index contributed by atoms with van der Waals surface area (Å²) in [5.41, 5.74) is 0.497. The quantitative estimate of drug-likeness (QED) is 0.849. The van der Waals surface area contributed by atoms with Crippen molar-refractivity contribution < 1.29 is 19.1 Å². The van der Waals surface area contributed by atoms with E-state index in [1.807, 2.05) is 0 Å². The summed E-state index contributed by atoms with van der Waals surface area (Å²) in [6.07, 6.45) is 3.29. The van der Waals surface area contributed by atoms with Crippen molar-refractivity contribution in [2.75, 3.05) is 5.32 Å². The van der Waals surface area contributed by atoms with Crippen LogP contribution in [-0.2, 0) is 4.79 Å². The number of nitrogens with one attached hydrogen (secondary N) is 1. The molecule has 0 spiro atoms. The van der Waals surface area contributed by atoms with Crippen LogP contribution < -0.4 is 5.32 Å². The number of carboxylic acid groups (broad SMARTS) is 1. The standard InChI is InChI=1S/C13H9FN2O3S/c14-9-2-3-10(15-7-9)16-13(19)12-8(5-6-20-12)1-4-11(17)18/h1-7H,(H,17,18)(H,15,16,19). The first-order chi connectivity index (χ1) is 9.56. The number of aliphatic carboxylic acids is 1. The lowest BCUT2D eigenvalue weighted by Crippen LogP contribution is -2.12. The molecule has 7 heteroatoms. The Morgan fingerprint density at radius 3 is 2.80 bits per heavy atom. The molecule has 5 nitrogen and oxygen atoms in total. The Balaban J connectivity index is 2.15. The second kappa shape index (κ2) is 6.07. The predicted octanol–water partition coefficient (Wildman–Crippen LogP) is 2.63. The van der Waals surface area contributed by atoms with Crippen LogP contribution in [0, 0.1) is 5.82 Å². The van der Waals surface area contributed by atoms with Crippen LogP contribution >= 0.6 is 11.3 Å². The number of amides is 1. The molecule has 0 radical (unpaired) electrons. The highest BCUT2D eigenvalue weighted by atomic mass is 32.1. The van der Waals surface area contributed by atoms with Crippen molar-refractivity contribution in [2.24, 2.45) is 0 Å². The highest BCUT2D eigenvalue weighted by Crippen LogP contribution is 2.19. The molecule has 20 heavy (non-hydrogen) atoms. The summed E-state index contributed by atoms with van der Waals surface area (Å²) < 4.78 is 12.7. The first-order valence-electron chi connectivity index (χ1n) is 5.47. The van der Waals surface area contributed by atoms with Crippen molar-refractivity contribution >= 4 is 35.1 Å². The van der Waals surface area contributed by atoms with Crippen LogP contribution in [0.25, 0.3) is 6.08 Å². The van der Waals surface area contributed by atoms with E-state index in [1.54, 1.807) is 11.4 Å². The second-order valence-corrected chi connectivity index (χ2v) is 4.61. The zero-order chi connectivity index (χ0) is 14.5. The fraction of sp³-hybridized carbons (Fsp3) is 0. The van der Waals surface area contributed by atoms with Crippen molar-refractivity contribution in [3.63, 3.8) is 0 Å². The summed E-state index contributed by atoms with van der Waals surface area (Å²) in [5, 5.41) is 12.8. The summed E-state index contributed by atoms with van der Waals surface area (Å²) in [4.78, 5) is 26.6. The maximum Gasteiger partial charge on any atom is 0.328 e. The molecule has 0 aliphatic carbocycles. The minimum absolute atomic E-state index is 0.220. The number of hydrogen-bond donors (Lipinski definition) is 2. The fourth-order valence-corrected chi connectivity index (χ4v) is 2.20. The SMILES string of the molecule is O=C(O)C=Cc1ccsc1C(=O)Nc1ccc(F)cn1. The molecular formula is C13H9FN2O3S. The Labute approximate surface area is 117 Å². The van der Waals surface area contributed by atoms with E-state index < -0.39 is 17.7 Å². The number of halogens is 1. The molecule has 0 atom stereocenters. The molecule has 0 fully saturated rings. The second-order valence-electron chi connectivity index (χ2n) is 3.69. The molecule has 102 valence electrons. The number of aromatic nitrogens is 1. The molecule has 0 aliphatic heterocycles. The molecule has 2 heterocycles. The molecule has 0 saturated carbocycles. The van der Waals surface area contributed by atoms with Crippen molar-refractivity contribution in [2.45, 2.75) is 0 Å². The molecule has 0 aliphatic rings. The van der Waals surface area contributed by atoms with E-state index in [0.29, 0.717) is 10.4 Å². The number of carboxylic acids is 1. The van der Waals surface area contributed by atoms with E-state index >= 15 is 0 Å². The summed E-state index contributed by atoms with van der Waals surface area (Å²) in [7, 11) is 0. The Kier molecular flexibility index (Phi) is 4.21. The van der Waals surface area contributed by atoms with Gasteiger partial charge in [-0.05, 0) is 35.2 Å². The van der Waals surface area contributed by atoms with Gasteiger partial charge in [0.05, 0.1) is 11.1 Å². The lowest BCUT2D eigenvalue weighted by Gasteiger charge is -2.03. The van der Waals surface area contributed by atoms with Gasteiger partial charge in [0.25, 0.3) is 5.91 Å². The molecular weight excluding hydrogens is 283 g/mol. The van der Waals surface area contributed by atoms with Crippen LogP contribution in [0.4, 0.5) is 10.2 Å². The number of thiophene rings is 1. The van der Waals surface area contributed by atoms with Gasteiger partial charge in [0.1, 0.15) is 11.6 Å². The number of anilines is 1. The van der Waals surface area contributed by atoms with Crippen LogP contribution in [0.3, 0.4) is 0 Å². The van der Waals surface area contributed by atoms with Crippen LogP contribution in [0.15, 0.2) is 35.9 Å². The van der Waals surface area contributed by atoms with Crippen molar-refractivity contribution in [1.29, 1.82) is 0 Å². The van der Waals surface area contributed by atoms with Crippen molar-refractivity contribution in [1.82, 2.24) is 4.98 Å². The Bertz CT molecular complexity index is 665. The Morgan fingerprint density at radius 1 is 1.35 bits per heavy atom. The van der Waals surface area contributed by atoms with Gasteiger partial charge in [-0.3, -0.25) is 4.79 Å². The van der Waals surface area contributed by atoms with E-state index in [9.17, 15) is 14.0 Å². The van der Waals surface area contributed by atoms with Crippen LogP contribution in [-0.4, -0.2) is 22.0 Å². The lowest BCUT2D eigenvalue weighted by molar-refractivity contribution is -0.131. The number of carbonyl (C=O) groups excluding carboxylic acids is 1. The molecule has 0 saturated heterocycles. The lowest BCUT2D eigenvalue weighted by atomic mass is 10.2. The third-order valence-electron chi connectivity index (χ3n) is 2.28. The summed E-state index contributed by atoms with van der Waals surface area (Å²) in [6.45, 7) is 0. The molecule has 2 N–H and O–H groups in total. The third-order valence-corrected chi connectivity index (χ3v) is 3.21. The first kappa shape index (κ1) is 13.9. The maximum atomic E-state index is 12.7. The number of carbonyl (C=O) groups is 2. The largest absolute Gasteiger partial charge is 0.478 e. The molecule has 2 aromatic rings.